The van der Waals surface area contributed by atoms with Crippen LogP contribution in [0, 0.1) is 0 Å². The van der Waals surface area contributed by atoms with Gasteiger partial charge in [0.15, 0.2) is 0 Å². The standard InChI is InChI=1S/C12H22N2O2.2C2H6/c1-3-10(7-13)12(8-14-2)16-9-11-5-4-6-15-11;2*1-2/h8,11H,3-7,9,13H2,1-2H3;2*1-2H3/b12-10-,14-8?;;. The second kappa shape index (κ2) is 16.2. The average Bonchev–Trinajstić information content (AvgIpc) is 3.03. The molecule has 1 aliphatic rings. The maximum Gasteiger partial charge on any atom is 0.137 e. The van der Waals surface area contributed by atoms with Gasteiger partial charge in [-0.25, -0.2) is 0 Å². The van der Waals surface area contributed by atoms with Crippen LogP contribution in [0.2, 0.25) is 0 Å². The second-order valence-corrected chi connectivity index (χ2v) is 3.86. The van der Waals surface area contributed by atoms with Gasteiger partial charge in [-0.05, 0) is 24.8 Å². The number of hydrogen-bond donors (Lipinski definition) is 1. The Kier molecular flexibility index (Phi) is 17.3. The van der Waals surface area contributed by atoms with E-state index in [0.29, 0.717) is 13.2 Å². The summed E-state index contributed by atoms with van der Waals surface area (Å²) in [5.41, 5.74) is 6.77. The molecule has 4 nitrogen and oxygen atoms in total. The van der Waals surface area contributed by atoms with E-state index in [1.807, 2.05) is 27.7 Å². The number of nitrogens with zero attached hydrogens (tertiary/aromatic N) is 1. The summed E-state index contributed by atoms with van der Waals surface area (Å²) in [4.78, 5) is 3.99. The minimum absolute atomic E-state index is 0.233. The first kappa shape index (κ1) is 21.4. The highest BCUT2D eigenvalue weighted by Gasteiger charge is 2.16. The van der Waals surface area contributed by atoms with Gasteiger partial charge in [0.25, 0.3) is 0 Å². The first-order chi connectivity index (χ1) is 9.81. The molecule has 4 heteroatoms. The van der Waals surface area contributed by atoms with Gasteiger partial charge in [-0.3, -0.25) is 4.99 Å². The van der Waals surface area contributed by atoms with Crippen LogP contribution in [0.3, 0.4) is 0 Å². The Bertz CT molecular complexity index is 251. The molecule has 0 aromatic carbocycles. The van der Waals surface area contributed by atoms with Gasteiger partial charge >= 0.3 is 0 Å². The fraction of sp³-hybridized carbons (Fsp3) is 0.812. The lowest BCUT2D eigenvalue weighted by Crippen LogP contribution is -2.16. The van der Waals surface area contributed by atoms with E-state index in [9.17, 15) is 0 Å². The lowest BCUT2D eigenvalue weighted by molar-refractivity contribution is 0.0472. The molecule has 0 aromatic rings. The lowest BCUT2D eigenvalue weighted by atomic mass is 10.2. The first-order valence-electron chi connectivity index (χ1n) is 7.90. The molecule has 1 unspecified atom stereocenters. The molecule has 0 spiro atoms. The predicted molar refractivity (Wildman–Crippen MR) is 88.4 cm³/mol. The zero-order valence-corrected chi connectivity index (χ0v) is 14.2. The predicted octanol–water partition coefficient (Wildman–Crippen LogP) is 3.56. The van der Waals surface area contributed by atoms with E-state index in [1.165, 1.54) is 0 Å². The smallest absolute Gasteiger partial charge is 0.137 e. The number of hydrogen-bond acceptors (Lipinski definition) is 4. The third-order valence-corrected chi connectivity index (χ3v) is 2.72. The minimum atomic E-state index is 0.233. The van der Waals surface area contributed by atoms with Crippen molar-refractivity contribution in [2.24, 2.45) is 10.7 Å². The van der Waals surface area contributed by atoms with E-state index in [2.05, 4.69) is 11.9 Å². The Balaban J connectivity index is 0. The molecule has 0 bridgehead atoms. The van der Waals surface area contributed by atoms with Crippen molar-refractivity contribution in [2.45, 2.75) is 60.0 Å². The third kappa shape index (κ3) is 9.10. The summed E-state index contributed by atoms with van der Waals surface area (Å²) in [5.74, 6) is 0.808. The third-order valence-electron chi connectivity index (χ3n) is 2.72. The number of nitrogens with two attached hydrogens (primary N) is 1. The SMILES string of the molecule is CC.CC.CC/C(CN)=C(\C=NC)OCC1CCCO1. The Labute approximate surface area is 125 Å². The molecular weight excluding hydrogens is 252 g/mol. The van der Waals surface area contributed by atoms with Crippen LogP contribution in [-0.2, 0) is 9.47 Å². The van der Waals surface area contributed by atoms with Gasteiger partial charge in [0.2, 0.25) is 0 Å². The number of aliphatic imine (C=N–C) groups is 1. The van der Waals surface area contributed by atoms with E-state index in [4.69, 9.17) is 15.2 Å². The number of allylic oxidation sites excluding steroid dienone is 1. The largest absolute Gasteiger partial charge is 0.489 e. The van der Waals surface area contributed by atoms with E-state index >= 15 is 0 Å². The molecule has 1 aliphatic heterocycles. The van der Waals surface area contributed by atoms with Crippen LogP contribution in [0.1, 0.15) is 53.9 Å². The highest BCUT2D eigenvalue weighted by molar-refractivity contribution is 5.77. The normalized spacial score (nSPS) is 18.6. The zero-order chi connectivity index (χ0) is 15.8. The molecule has 20 heavy (non-hydrogen) atoms. The molecule has 0 saturated carbocycles. The second-order valence-electron chi connectivity index (χ2n) is 3.86. The summed E-state index contributed by atoms with van der Waals surface area (Å²) in [5, 5.41) is 0. The van der Waals surface area contributed by atoms with Gasteiger partial charge in [0, 0.05) is 20.2 Å². The molecule has 120 valence electrons. The van der Waals surface area contributed by atoms with Crippen molar-refractivity contribution in [2.75, 3.05) is 26.8 Å². The summed E-state index contributed by atoms with van der Waals surface area (Å²) in [6.07, 6.45) is 5.08. The molecule has 0 aliphatic carbocycles. The monoisotopic (exact) mass is 286 g/mol. The van der Waals surface area contributed by atoms with Crippen molar-refractivity contribution in [1.29, 1.82) is 0 Å². The Morgan fingerprint density at radius 2 is 2.00 bits per heavy atom. The number of rotatable bonds is 6. The fourth-order valence-electron chi connectivity index (χ4n) is 1.73. The fourth-order valence-corrected chi connectivity index (χ4v) is 1.73. The molecular formula is C16H34N2O2. The van der Waals surface area contributed by atoms with E-state index in [-0.39, 0.29) is 6.10 Å². The van der Waals surface area contributed by atoms with Crippen molar-refractivity contribution in [3.05, 3.63) is 11.3 Å². The summed E-state index contributed by atoms with van der Waals surface area (Å²) in [6, 6.07) is 0. The summed E-state index contributed by atoms with van der Waals surface area (Å²) in [6.45, 7) is 12.0. The topological polar surface area (TPSA) is 56.8 Å². The average molecular weight is 286 g/mol. The quantitative estimate of drug-likeness (QED) is 0.600. The van der Waals surface area contributed by atoms with Gasteiger partial charge in [-0.15, -0.1) is 0 Å². The Morgan fingerprint density at radius 1 is 1.35 bits per heavy atom. The van der Waals surface area contributed by atoms with E-state index in [1.54, 1.807) is 13.3 Å². The maximum absolute atomic E-state index is 5.74. The van der Waals surface area contributed by atoms with Crippen LogP contribution in [0.15, 0.2) is 16.3 Å². The first-order valence-corrected chi connectivity index (χ1v) is 7.90. The highest BCUT2D eigenvalue weighted by atomic mass is 16.5. The van der Waals surface area contributed by atoms with Crippen molar-refractivity contribution >= 4 is 6.21 Å². The molecule has 0 aromatic heterocycles. The molecule has 1 saturated heterocycles. The van der Waals surface area contributed by atoms with Gasteiger partial charge in [-0.2, -0.15) is 0 Å². The van der Waals surface area contributed by atoms with E-state index < -0.39 is 0 Å². The summed E-state index contributed by atoms with van der Waals surface area (Å²) < 4.78 is 11.2. The summed E-state index contributed by atoms with van der Waals surface area (Å²) in [7, 11) is 1.74. The van der Waals surface area contributed by atoms with Crippen LogP contribution in [0.4, 0.5) is 0 Å². The minimum Gasteiger partial charge on any atom is -0.489 e. The maximum atomic E-state index is 5.74. The van der Waals surface area contributed by atoms with Crippen LogP contribution in [0.25, 0.3) is 0 Å². The Morgan fingerprint density at radius 3 is 2.40 bits per heavy atom. The molecule has 1 rings (SSSR count). The van der Waals surface area contributed by atoms with Crippen LogP contribution in [0.5, 0.6) is 0 Å². The van der Waals surface area contributed by atoms with Crippen LogP contribution >= 0.6 is 0 Å². The number of ether oxygens (including phenoxy) is 2. The lowest BCUT2D eigenvalue weighted by Gasteiger charge is -2.14. The molecule has 0 radical (unpaired) electrons. The van der Waals surface area contributed by atoms with Gasteiger partial charge in [0.05, 0.1) is 12.3 Å². The molecule has 0 amide bonds. The van der Waals surface area contributed by atoms with Gasteiger partial charge < -0.3 is 15.2 Å². The zero-order valence-electron chi connectivity index (χ0n) is 14.2. The summed E-state index contributed by atoms with van der Waals surface area (Å²) >= 11 is 0. The Hall–Kier alpha value is -0.870. The molecule has 2 N–H and O–H groups in total. The van der Waals surface area contributed by atoms with Gasteiger partial charge in [0.1, 0.15) is 12.4 Å². The van der Waals surface area contributed by atoms with Crippen molar-refractivity contribution in [3.63, 3.8) is 0 Å². The molecule has 1 atom stereocenters. The highest BCUT2D eigenvalue weighted by Crippen LogP contribution is 2.15. The van der Waals surface area contributed by atoms with Crippen molar-refractivity contribution in [3.8, 4) is 0 Å². The van der Waals surface area contributed by atoms with E-state index in [0.717, 1.165) is 37.2 Å². The van der Waals surface area contributed by atoms with Crippen LogP contribution < -0.4 is 5.73 Å². The van der Waals surface area contributed by atoms with Crippen molar-refractivity contribution in [1.82, 2.24) is 0 Å². The molecule has 1 heterocycles. The van der Waals surface area contributed by atoms with Crippen LogP contribution in [-0.4, -0.2) is 39.1 Å². The van der Waals surface area contributed by atoms with Crippen molar-refractivity contribution < 1.29 is 9.47 Å². The van der Waals surface area contributed by atoms with Gasteiger partial charge in [-0.1, -0.05) is 34.6 Å². The molecule has 1 fully saturated rings.